The van der Waals surface area contributed by atoms with E-state index in [4.69, 9.17) is 14.2 Å². The van der Waals surface area contributed by atoms with Gasteiger partial charge in [0.2, 0.25) is 0 Å². The number of nitrogens with one attached hydrogen (secondary N) is 1. The fourth-order valence-electron chi connectivity index (χ4n) is 2.61. The number of carbonyl (C=O) groups excluding carboxylic acids is 2. The fraction of sp³-hybridized carbons (Fsp3) is 0.474. The minimum absolute atomic E-state index is 0.232. The Kier molecular flexibility index (Phi) is 7.32. The number of benzene rings is 1. The number of carbonyl (C=O) groups is 2. The van der Waals surface area contributed by atoms with Crippen LogP contribution in [-0.2, 0) is 14.3 Å². The van der Waals surface area contributed by atoms with Gasteiger partial charge in [-0.1, -0.05) is 12.2 Å². The van der Waals surface area contributed by atoms with Crippen molar-refractivity contribution in [2.45, 2.75) is 33.1 Å². The van der Waals surface area contributed by atoms with Crippen LogP contribution in [0.1, 0.15) is 33.1 Å². The number of hydrogen-bond acceptors (Lipinski definition) is 5. The maximum atomic E-state index is 12.0. The largest absolute Gasteiger partial charge is 0.490 e. The van der Waals surface area contributed by atoms with Gasteiger partial charge in [-0.25, -0.2) is 0 Å². The highest BCUT2D eigenvalue weighted by atomic mass is 16.5. The summed E-state index contributed by atoms with van der Waals surface area (Å²) in [6.07, 6.45) is 6.37. The molecule has 0 saturated carbocycles. The first-order valence-electron chi connectivity index (χ1n) is 8.64. The number of esters is 1. The molecule has 1 aromatic carbocycles. The number of hydrogen-bond donors (Lipinski definition) is 1. The smallest absolute Gasteiger partial charge is 0.306 e. The molecule has 6 nitrogen and oxygen atoms in total. The number of allylic oxidation sites excluding steroid dienone is 2. The van der Waals surface area contributed by atoms with E-state index in [0.717, 1.165) is 12.8 Å². The second-order valence-electron chi connectivity index (χ2n) is 5.71. The highest BCUT2D eigenvalue weighted by Crippen LogP contribution is 2.30. The number of anilines is 1. The zero-order valence-electron chi connectivity index (χ0n) is 14.7. The third kappa shape index (κ3) is 6.14. The summed E-state index contributed by atoms with van der Waals surface area (Å²) in [6, 6.07) is 5.15. The lowest BCUT2D eigenvalue weighted by Gasteiger charge is -2.13. The average Bonchev–Trinajstić information content (AvgIpc) is 3.09. The molecule has 1 amide bonds. The highest BCUT2D eigenvalue weighted by molar-refractivity contribution is 5.93. The Labute approximate surface area is 148 Å². The Bertz CT molecular complexity index is 626. The van der Waals surface area contributed by atoms with Crippen molar-refractivity contribution in [2.75, 3.05) is 25.1 Å². The summed E-state index contributed by atoms with van der Waals surface area (Å²) in [6.45, 7) is 4.48. The van der Waals surface area contributed by atoms with Crippen LogP contribution >= 0.6 is 0 Å². The van der Waals surface area contributed by atoms with E-state index in [2.05, 4.69) is 11.4 Å². The Morgan fingerprint density at radius 2 is 1.92 bits per heavy atom. The third-order valence-electron chi connectivity index (χ3n) is 3.73. The summed E-state index contributed by atoms with van der Waals surface area (Å²) >= 11 is 0. The van der Waals surface area contributed by atoms with Crippen molar-refractivity contribution in [1.82, 2.24) is 0 Å². The summed E-state index contributed by atoms with van der Waals surface area (Å²) in [7, 11) is 0. The Morgan fingerprint density at radius 3 is 2.60 bits per heavy atom. The van der Waals surface area contributed by atoms with E-state index in [1.807, 2.05) is 19.9 Å². The Balaban J connectivity index is 1.83. The first kappa shape index (κ1) is 18.8. The molecule has 0 saturated heterocycles. The highest BCUT2D eigenvalue weighted by Gasteiger charge is 2.16. The van der Waals surface area contributed by atoms with Gasteiger partial charge in [-0.3, -0.25) is 9.59 Å². The minimum Gasteiger partial charge on any atom is -0.490 e. The molecule has 0 heterocycles. The molecular formula is C19H25NO5. The molecule has 1 aliphatic carbocycles. The number of rotatable bonds is 9. The zero-order chi connectivity index (χ0) is 18.1. The molecule has 2 rings (SSSR count). The first-order chi connectivity index (χ1) is 12.1. The molecule has 1 aliphatic rings. The van der Waals surface area contributed by atoms with E-state index in [1.54, 1.807) is 18.2 Å². The van der Waals surface area contributed by atoms with Crippen LogP contribution < -0.4 is 14.8 Å². The lowest BCUT2D eigenvalue weighted by atomic mass is 10.1. The van der Waals surface area contributed by atoms with Gasteiger partial charge >= 0.3 is 5.97 Å². The van der Waals surface area contributed by atoms with E-state index in [0.29, 0.717) is 36.8 Å². The van der Waals surface area contributed by atoms with E-state index in [9.17, 15) is 9.59 Å². The average molecular weight is 347 g/mol. The maximum Gasteiger partial charge on any atom is 0.306 e. The molecule has 1 N–H and O–H groups in total. The Hall–Kier alpha value is -2.50. The fourth-order valence-corrected chi connectivity index (χ4v) is 2.61. The molecule has 0 aromatic heterocycles. The lowest BCUT2D eigenvalue weighted by Crippen LogP contribution is -2.21. The molecule has 0 radical (unpaired) electrons. The molecular weight excluding hydrogens is 322 g/mol. The van der Waals surface area contributed by atoms with Gasteiger partial charge in [0, 0.05) is 11.8 Å². The summed E-state index contributed by atoms with van der Waals surface area (Å²) in [5.74, 6) is 0.677. The van der Waals surface area contributed by atoms with E-state index in [-0.39, 0.29) is 24.4 Å². The summed E-state index contributed by atoms with van der Waals surface area (Å²) < 4.78 is 16.0. The van der Waals surface area contributed by atoms with Crippen molar-refractivity contribution < 1.29 is 23.8 Å². The molecule has 0 spiro atoms. The van der Waals surface area contributed by atoms with Gasteiger partial charge in [-0.15, -0.1) is 0 Å². The van der Waals surface area contributed by atoms with E-state index < -0.39 is 0 Å². The predicted molar refractivity (Wildman–Crippen MR) is 94.8 cm³/mol. The first-order valence-corrected chi connectivity index (χ1v) is 8.64. The molecule has 25 heavy (non-hydrogen) atoms. The van der Waals surface area contributed by atoms with Gasteiger partial charge in [0.25, 0.3) is 5.91 Å². The van der Waals surface area contributed by atoms with Crippen LogP contribution in [0.3, 0.4) is 0 Å². The standard InChI is InChI=1S/C19H25NO5/c1-3-23-16-10-9-15(12-17(16)24-4-2)20-18(21)13-25-19(22)11-14-7-5-6-8-14/h5,7,9-10,12,14H,3-4,6,8,11,13H2,1-2H3,(H,20,21)/t14-/m1/s1. The van der Waals surface area contributed by atoms with Gasteiger partial charge in [0.1, 0.15) is 0 Å². The van der Waals surface area contributed by atoms with Crippen molar-refractivity contribution in [3.8, 4) is 11.5 Å². The van der Waals surface area contributed by atoms with Crippen molar-refractivity contribution in [2.24, 2.45) is 5.92 Å². The Morgan fingerprint density at radius 1 is 1.16 bits per heavy atom. The molecule has 1 aromatic rings. The van der Waals surface area contributed by atoms with Gasteiger partial charge in [-0.05, 0) is 44.7 Å². The maximum absolute atomic E-state index is 12.0. The minimum atomic E-state index is -0.387. The predicted octanol–water partition coefficient (Wildman–Crippen LogP) is 3.32. The van der Waals surface area contributed by atoms with Gasteiger partial charge in [0.15, 0.2) is 18.1 Å². The van der Waals surface area contributed by atoms with Crippen LogP contribution in [0.25, 0.3) is 0 Å². The van der Waals surface area contributed by atoms with Gasteiger partial charge in [0.05, 0.1) is 19.6 Å². The van der Waals surface area contributed by atoms with Gasteiger partial charge in [-0.2, -0.15) is 0 Å². The van der Waals surface area contributed by atoms with E-state index in [1.165, 1.54) is 0 Å². The van der Waals surface area contributed by atoms with Crippen LogP contribution in [0, 0.1) is 5.92 Å². The van der Waals surface area contributed by atoms with Crippen molar-refractivity contribution >= 4 is 17.6 Å². The van der Waals surface area contributed by atoms with E-state index >= 15 is 0 Å². The van der Waals surface area contributed by atoms with Gasteiger partial charge < -0.3 is 19.5 Å². The summed E-state index contributed by atoms with van der Waals surface area (Å²) in [4.78, 5) is 23.7. The third-order valence-corrected chi connectivity index (χ3v) is 3.73. The molecule has 1 atom stereocenters. The van der Waals surface area contributed by atoms with Crippen LogP contribution in [0.2, 0.25) is 0 Å². The lowest BCUT2D eigenvalue weighted by molar-refractivity contribution is -0.147. The molecule has 0 unspecified atom stereocenters. The van der Waals surface area contributed by atoms with Crippen LogP contribution in [0.5, 0.6) is 11.5 Å². The second kappa shape index (κ2) is 9.71. The topological polar surface area (TPSA) is 73.9 Å². The van der Waals surface area contributed by atoms with Crippen molar-refractivity contribution in [3.63, 3.8) is 0 Å². The second-order valence-corrected chi connectivity index (χ2v) is 5.71. The van der Waals surface area contributed by atoms with Crippen molar-refractivity contribution in [3.05, 3.63) is 30.4 Å². The number of amides is 1. The molecule has 0 aliphatic heterocycles. The molecule has 6 heteroatoms. The SMILES string of the molecule is CCOc1ccc(NC(=O)COC(=O)C[C@@H]2C=CCC2)cc1OCC. The van der Waals surface area contributed by atoms with Crippen LogP contribution in [-0.4, -0.2) is 31.7 Å². The van der Waals surface area contributed by atoms with Crippen LogP contribution in [0.15, 0.2) is 30.4 Å². The summed E-state index contributed by atoms with van der Waals surface area (Å²) in [5, 5.41) is 2.69. The summed E-state index contributed by atoms with van der Waals surface area (Å²) in [5.41, 5.74) is 0.562. The molecule has 0 bridgehead atoms. The van der Waals surface area contributed by atoms with Crippen molar-refractivity contribution in [1.29, 1.82) is 0 Å². The zero-order valence-corrected chi connectivity index (χ0v) is 14.7. The molecule has 136 valence electrons. The normalized spacial score (nSPS) is 15.7. The number of ether oxygens (including phenoxy) is 3. The monoisotopic (exact) mass is 347 g/mol. The quantitative estimate of drug-likeness (QED) is 0.548. The van der Waals surface area contributed by atoms with Crippen LogP contribution in [0.4, 0.5) is 5.69 Å². The molecule has 0 fully saturated rings.